The molecule has 0 radical (unpaired) electrons. The Labute approximate surface area is 170 Å². The van der Waals surface area contributed by atoms with E-state index in [4.69, 9.17) is 12.2 Å². The summed E-state index contributed by atoms with van der Waals surface area (Å²) < 4.78 is 2.38. The molecule has 0 unspecified atom stereocenters. The van der Waals surface area contributed by atoms with Gasteiger partial charge in [-0.15, -0.1) is 0 Å². The second-order valence-corrected chi connectivity index (χ2v) is 8.39. The van der Waals surface area contributed by atoms with Gasteiger partial charge in [0.15, 0.2) is 10.6 Å². The number of benzene rings is 2. The zero-order valence-electron chi connectivity index (χ0n) is 16.7. The first-order valence-electron chi connectivity index (χ1n) is 9.37. The number of nitrogens with one attached hydrogen (secondary N) is 2. The van der Waals surface area contributed by atoms with E-state index in [0.29, 0.717) is 17.7 Å². The third kappa shape index (κ3) is 4.75. The lowest BCUT2D eigenvalue weighted by Crippen LogP contribution is -2.15. The topological polar surface area (TPSA) is 62.7 Å². The van der Waals surface area contributed by atoms with Crippen molar-refractivity contribution in [2.45, 2.75) is 46.1 Å². The van der Waals surface area contributed by atoms with Gasteiger partial charge in [-0.1, -0.05) is 56.7 Å². The molecule has 0 saturated carbocycles. The van der Waals surface area contributed by atoms with E-state index in [1.54, 1.807) is 0 Å². The van der Waals surface area contributed by atoms with Crippen LogP contribution in [0.1, 0.15) is 38.3 Å². The van der Waals surface area contributed by atoms with Gasteiger partial charge in [0.25, 0.3) is 0 Å². The van der Waals surface area contributed by atoms with Crippen molar-refractivity contribution in [1.29, 1.82) is 0 Å². The van der Waals surface area contributed by atoms with Crippen LogP contribution in [-0.4, -0.2) is 20.7 Å². The summed E-state index contributed by atoms with van der Waals surface area (Å²) in [6.07, 6.45) is 0.313. The Morgan fingerprint density at radius 3 is 2.54 bits per heavy atom. The molecule has 1 amide bonds. The molecule has 5 nitrogen and oxygen atoms in total. The van der Waals surface area contributed by atoms with Crippen molar-refractivity contribution >= 4 is 23.8 Å². The molecule has 0 bridgehead atoms. The maximum Gasteiger partial charge on any atom is 0.226 e. The van der Waals surface area contributed by atoms with Gasteiger partial charge in [0.05, 0.1) is 0 Å². The third-order valence-electron chi connectivity index (χ3n) is 4.63. The molecule has 28 heavy (non-hydrogen) atoms. The molecule has 0 atom stereocenters. The summed E-state index contributed by atoms with van der Waals surface area (Å²) in [6, 6.07) is 16.1. The number of aromatic nitrogens is 3. The van der Waals surface area contributed by atoms with Crippen molar-refractivity contribution < 1.29 is 4.79 Å². The summed E-state index contributed by atoms with van der Waals surface area (Å²) in [5.41, 5.74) is 4.25. The minimum atomic E-state index is -0.0539. The van der Waals surface area contributed by atoms with Crippen LogP contribution in [0.4, 0.5) is 5.69 Å². The van der Waals surface area contributed by atoms with Crippen molar-refractivity contribution in [2.24, 2.45) is 0 Å². The molecule has 0 aliphatic heterocycles. The number of carbonyl (C=O) groups is 1. The highest BCUT2D eigenvalue weighted by Gasteiger charge is 2.14. The molecule has 6 heteroatoms. The zero-order valence-corrected chi connectivity index (χ0v) is 17.6. The van der Waals surface area contributed by atoms with Crippen molar-refractivity contribution in [3.63, 3.8) is 0 Å². The Kier molecular flexibility index (Phi) is 5.79. The van der Waals surface area contributed by atoms with Gasteiger partial charge in [-0.05, 0) is 48.3 Å². The quantitative estimate of drug-likeness (QED) is 0.582. The number of hydrogen-bond acceptors (Lipinski definition) is 3. The summed E-state index contributed by atoms with van der Waals surface area (Å²) in [6.45, 7) is 9.00. The minimum Gasteiger partial charge on any atom is -0.326 e. The highest BCUT2D eigenvalue weighted by atomic mass is 32.1. The van der Waals surface area contributed by atoms with E-state index in [1.165, 1.54) is 5.56 Å². The van der Waals surface area contributed by atoms with Crippen molar-refractivity contribution in [3.8, 4) is 11.4 Å². The fourth-order valence-corrected chi connectivity index (χ4v) is 3.24. The van der Waals surface area contributed by atoms with Gasteiger partial charge >= 0.3 is 0 Å². The van der Waals surface area contributed by atoms with Crippen molar-refractivity contribution in [2.75, 3.05) is 5.32 Å². The first-order chi connectivity index (χ1) is 13.2. The third-order valence-corrected chi connectivity index (χ3v) is 4.94. The first-order valence-corrected chi connectivity index (χ1v) is 9.77. The Balaban J connectivity index is 1.67. The summed E-state index contributed by atoms with van der Waals surface area (Å²) in [7, 11) is 0. The van der Waals surface area contributed by atoms with Crippen LogP contribution < -0.4 is 5.32 Å². The standard InChI is InChI=1S/C22H26N4OS/c1-15-6-5-7-16(14-15)20-24-25-21(28)26(20)13-12-19(27)23-18-10-8-17(9-11-18)22(2,3)4/h5-11,14H,12-13H2,1-4H3,(H,23,27)(H,25,28). The van der Waals surface area contributed by atoms with E-state index in [0.717, 1.165) is 22.6 Å². The SMILES string of the molecule is Cc1cccc(-c2n[nH]c(=S)n2CCC(=O)Nc2ccc(C(C)(C)C)cc2)c1. The van der Waals surface area contributed by atoms with Crippen LogP contribution in [0, 0.1) is 11.7 Å². The van der Waals surface area contributed by atoms with Crippen LogP contribution in [0.5, 0.6) is 0 Å². The lowest BCUT2D eigenvalue weighted by molar-refractivity contribution is -0.116. The van der Waals surface area contributed by atoms with E-state index in [9.17, 15) is 4.79 Å². The molecule has 3 aromatic rings. The molecular weight excluding hydrogens is 368 g/mol. The Bertz CT molecular complexity index is 1030. The summed E-state index contributed by atoms with van der Waals surface area (Å²) in [5.74, 6) is 0.692. The molecule has 1 aromatic heterocycles. The Morgan fingerprint density at radius 1 is 1.18 bits per heavy atom. The maximum absolute atomic E-state index is 12.4. The summed E-state index contributed by atoms with van der Waals surface area (Å²) >= 11 is 5.35. The molecule has 146 valence electrons. The van der Waals surface area contributed by atoms with E-state index >= 15 is 0 Å². The number of aryl methyl sites for hydroxylation is 1. The lowest BCUT2D eigenvalue weighted by Gasteiger charge is -2.19. The lowest BCUT2D eigenvalue weighted by atomic mass is 9.87. The second kappa shape index (κ2) is 8.10. The van der Waals surface area contributed by atoms with Gasteiger partial charge in [-0.3, -0.25) is 14.5 Å². The molecule has 0 spiro atoms. The fraction of sp³-hybridized carbons (Fsp3) is 0.318. The molecule has 3 rings (SSSR count). The fourth-order valence-electron chi connectivity index (χ4n) is 3.02. The Hall–Kier alpha value is -2.73. The summed E-state index contributed by atoms with van der Waals surface area (Å²) in [4.78, 5) is 12.4. The largest absolute Gasteiger partial charge is 0.326 e. The highest BCUT2D eigenvalue weighted by Crippen LogP contribution is 2.23. The van der Waals surface area contributed by atoms with Crippen molar-refractivity contribution in [3.05, 3.63) is 64.4 Å². The molecule has 2 N–H and O–H groups in total. The summed E-state index contributed by atoms with van der Waals surface area (Å²) in [5, 5.41) is 10.1. The van der Waals surface area contributed by atoms with E-state index in [1.807, 2.05) is 41.8 Å². The number of carbonyl (C=O) groups excluding carboxylic acids is 1. The predicted molar refractivity (Wildman–Crippen MR) is 116 cm³/mol. The van der Waals surface area contributed by atoms with Gasteiger partial charge in [0.1, 0.15) is 0 Å². The van der Waals surface area contributed by atoms with Crippen LogP contribution >= 0.6 is 12.2 Å². The van der Waals surface area contributed by atoms with Crippen LogP contribution in [0.3, 0.4) is 0 Å². The van der Waals surface area contributed by atoms with Crippen LogP contribution in [0.15, 0.2) is 48.5 Å². The van der Waals surface area contributed by atoms with E-state index in [-0.39, 0.29) is 11.3 Å². The predicted octanol–water partition coefficient (Wildman–Crippen LogP) is 5.24. The molecule has 0 saturated heterocycles. The normalized spacial score (nSPS) is 11.4. The van der Waals surface area contributed by atoms with Crippen molar-refractivity contribution in [1.82, 2.24) is 14.8 Å². The average molecular weight is 395 g/mol. The monoisotopic (exact) mass is 394 g/mol. The van der Waals surface area contributed by atoms with Gasteiger partial charge in [-0.2, -0.15) is 5.10 Å². The molecule has 1 heterocycles. The number of nitrogens with zero attached hydrogens (tertiary/aromatic N) is 2. The number of hydrogen-bond donors (Lipinski definition) is 2. The van der Waals surface area contributed by atoms with Crippen LogP contribution in [0.2, 0.25) is 0 Å². The van der Waals surface area contributed by atoms with E-state index < -0.39 is 0 Å². The number of H-pyrrole nitrogens is 1. The Morgan fingerprint density at radius 2 is 1.89 bits per heavy atom. The number of rotatable bonds is 5. The van der Waals surface area contributed by atoms with Gasteiger partial charge < -0.3 is 5.32 Å². The van der Waals surface area contributed by atoms with E-state index in [2.05, 4.69) is 54.5 Å². The number of anilines is 1. The molecular formula is C22H26N4OS. The highest BCUT2D eigenvalue weighted by molar-refractivity contribution is 7.71. The molecule has 0 aliphatic rings. The number of amides is 1. The van der Waals surface area contributed by atoms with Crippen LogP contribution in [-0.2, 0) is 16.8 Å². The first kappa shape index (κ1) is 20.0. The maximum atomic E-state index is 12.4. The second-order valence-electron chi connectivity index (χ2n) is 8.00. The van der Waals surface area contributed by atoms with Gasteiger partial charge in [0.2, 0.25) is 5.91 Å². The molecule has 0 fully saturated rings. The van der Waals surface area contributed by atoms with Crippen LogP contribution in [0.25, 0.3) is 11.4 Å². The molecule has 2 aromatic carbocycles. The average Bonchev–Trinajstić information content (AvgIpc) is 3.00. The van der Waals surface area contributed by atoms with Gasteiger partial charge in [-0.25, -0.2) is 0 Å². The number of aromatic amines is 1. The zero-order chi connectivity index (χ0) is 20.3. The smallest absolute Gasteiger partial charge is 0.226 e. The van der Waals surface area contributed by atoms with Gasteiger partial charge in [0, 0.05) is 24.2 Å². The minimum absolute atomic E-state index is 0.0539. The molecule has 0 aliphatic carbocycles.